The first-order valence-electron chi connectivity index (χ1n) is 4.74. The fourth-order valence-electron chi connectivity index (χ4n) is 1.12. The molecule has 6 N–H and O–H groups in total. The second-order valence-electron chi connectivity index (χ2n) is 3.31. The second kappa shape index (κ2) is 5.38. The number of carbonyl (C=O) groups excluding carboxylic acids is 2. The molecule has 0 spiro atoms. The third-order valence-corrected chi connectivity index (χ3v) is 2.09. The van der Waals surface area contributed by atoms with Crippen LogP contribution < -0.4 is 11.5 Å². The number of hydrogen-bond acceptors (Lipinski definition) is 8. The summed E-state index contributed by atoms with van der Waals surface area (Å²) < 4.78 is 4.40. The van der Waals surface area contributed by atoms with E-state index in [1.807, 2.05) is 0 Å². The Labute approximate surface area is 101 Å². The van der Waals surface area contributed by atoms with Gasteiger partial charge in [0.2, 0.25) is 5.91 Å². The standard InChI is InChI=1S/C9H12N4O5/c1-18-9(17)4-7(10)12-2-3(13-4)5(14)6(15)8(11)16/h2,5-6,14-15H,1H3,(H2,10,12)(H2,11,16). The molecule has 0 aliphatic rings. The van der Waals surface area contributed by atoms with E-state index in [9.17, 15) is 19.8 Å². The van der Waals surface area contributed by atoms with Crippen LogP contribution in [-0.4, -0.2) is 45.3 Å². The minimum absolute atomic E-state index is 0.202. The predicted molar refractivity (Wildman–Crippen MR) is 57.9 cm³/mol. The van der Waals surface area contributed by atoms with Crippen LogP contribution in [0.5, 0.6) is 0 Å². The molecular formula is C9H12N4O5. The summed E-state index contributed by atoms with van der Waals surface area (Å²) in [7, 11) is 1.12. The van der Waals surface area contributed by atoms with Crippen LogP contribution in [0.15, 0.2) is 6.20 Å². The van der Waals surface area contributed by atoms with Gasteiger partial charge in [0, 0.05) is 0 Å². The van der Waals surface area contributed by atoms with Crippen LogP contribution in [0.3, 0.4) is 0 Å². The first-order chi connectivity index (χ1) is 8.38. The van der Waals surface area contributed by atoms with Crippen LogP contribution in [0.25, 0.3) is 0 Å². The Kier molecular flexibility index (Phi) is 4.13. The van der Waals surface area contributed by atoms with Crippen molar-refractivity contribution in [3.8, 4) is 0 Å². The van der Waals surface area contributed by atoms with E-state index in [2.05, 4.69) is 14.7 Å². The summed E-state index contributed by atoms with van der Waals surface area (Å²) in [6.07, 6.45) is -2.56. The van der Waals surface area contributed by atoms with Gasteiger partial charge in [-0.15, -0.1) is 0 Å². The first-order valence-corrected chi connectivity index (χ1v) is 4.74. The van der Waals surface area contributed by atoms with Gasteiger partial charge < -0.3 is 26.4 Å². The van der Waals surface area contributed by atoms with E-state index < -0.39 is 24.1 Å². The monoisotopic (exact) mass is 256 g/mol. The van der Waals surface area contributed by atoms with E-state index >= 15 is 0 Å². The lowest BCUT2D eigenvalue weighted by Crippen LogP contribution is -2.34. The molecule has 1 amide bonds. The third-order valence-electron chi connectivity index (χ3n) is 2.09. The van der Waals surface area contributed by atoms with Crippen molar-refractivity contribution >= 4 is 17.7 Å². The maximum Gasteiger partial charge on any atom is 0.360 e. The van der Waals surface area contributed by atoms with E-state index in [0.29, 0.717) is 0 Å². The van der Waals surface area contributed by atoms with Crippen molar-refractivity contribution in [3.63, 3.8) is 0 Å². The van der Waals surface area contributed by atoms with E-state index in [0.717, 1.165) is 13.3 Å². The Hall–Kier alpha value is -2.26. The molecule has 0 saturated heterocycles. The number of rotatable bonds is 4. The highest BCUT2D eigenvalue weighted by Gasteiger charge is 2.26. The second-order valence-corrected chi connectivity index (χ2v) is 3.31. The summed E-state index contributed by atoms with van der Waals surface area (Å²) >= 11 is 0. The maximum atomic E-state index is 11.3. The molecule has 1 aromatic rings. The molecule has 2 atom stereocenters. The van der Waals surface area contributed by atoms with Crippen molar-refractivity contribution in [3.05, 3.63) is 17.6 Å². The van der Waals surface area contributed by atoms with Crippen LogP contribution in [0.1, 0.15) is 22.3 Å². The first kappa shape index (κ1) is 13.8. The number of aliphatic hydroxyl groups excluding tert-OH is 2. The normalized spacial score (nSPS) is 13.7. The molecule has 9 nitrogen and oxygen atoms in total. The number of anilines is 1. The summed E-state index contributed by atoms with van der Waals surface area (Å²) in [4.78, 5) is 29.2. The SMILES string of the molecule is COC(=O)c1nc(C(O)C(O)C(N)=O)cnc1N. The fourth-order valence-corrected chi connectivity index (χ4v) is 1.12. The van der Waals surface area contributed by atoms with Gasteiger partial charge in [-0.1, -0.05) is 0 Å². The topological polar surface area (TPSA) is 162 Å². The summed E-state index contributed by atoms with van der Waals surface area (Å²) in [5.74, 6) is -2.20. The molecule has 1 rings (SSSR count). The van der Waals surface area contributed by atoms with Gasteiger partial charge in [-0.2, -0.15) is 0 Å². The fraction of sp³-hybridized carbons (Fsp3) is 0.333. The van der Waals surface area contributed by atoms with Gasteiger partial charge in [0.15, 0.2) is 17.6 Å². The van der Waals surface area contributed by atoms with Crippen LogP contribution in [0.2, 0.25) is 0 Å². The summed E-state index contributed by atoms with van der Waals surface area (Å²) in [6, 6.07) is 0. The average molecular weight is 256 g/mol. The van der Waals surface area contributed by atoms with Crippen molar-refractivity contribution in [1.82, 2.24) is 9.97 Å². The van der Waals surface area contributed by atoms with Gasteiger partial charge in [0.1, 0.15) is 6.10 Å². The number of aliphatic hydroxyl groups is 2. The van der Waals surface area contributed by atoms with Gasteiger partial charge in [-0.3, -0.25) is 4.79 Å². The molecule has 0 saturated carbocycles. The zero-order valence-corrected chi connectivity index (χ0v) is 9.40. The van der Waals surface area contributed by atoms with Gasteiger partial charge in [-0.25, -0.2) is 14.8 Å². The highest BCUT2D eigenvalue weighted by Crippen LogP contribution is 2.16. The Morgan fingerprint density at radius 2 is 2.06 bits per heavy atom. The quantitative estimate of drug-likeness (QED) is 0.438. The number of primary amides is 1. The molecule has 0 aliphatic heterocycles. The number of nitrogens with zero attached hydrogens (tertiary/aromatic N) is 2. The number of nitrogens with two attached hydrogens (primary N) is 2. The Balaban J connectivity index is 3.12. The van der Waals surface area contributed by atoms with Crippen LogP contribution >= 0.6 is 0 Å². The van der Waals surface area contributed by atoms with Crippen molar-refractivity contribution in [1.29, 1.82) is 0 Å². The number of aromatic nitrogens is 2. The van der Waals surface area contributed by atoms with E-state index in [-0.39, 0.29) is 17.2 Å². The van der Waals surface area contributed by atoms with Crippen molar-refractivity contribution in [2.75, 3.05) is 12.8 Å². The Morgan fingerprint density at radius 1 is 1.44 bits per heavy atom. The molecule has 18 heavy (non-hydrogen) atoms. The molecule has 1 heterocycles. The minimum Gasteiger partial charge on any atom is -0.464 e. The maximum absolute atomic E-state index is 11.3. The van der Waals surface area contributed by atoms with Crippen LogP contribution in [0, 0.1) is 0 Å². The third kappa shape index (κ3) is 2.70. The predicted octanol–water partition coefficient (Wildman–Crippen LogP) is -2.27. The number of ether oxygens (including phenoxy) is 1. The lowest BCUT2D eigenvalue weighted by molar-refractivity contribution is -0.132. The number of hydrogen-bond donors (Lipinski definition) is 4. The lowest BCUT2D eigenvalue weighted by atomic mass is 10.1. The molecule has 2 unspecified atom stereocenters. The molecule has 9 heteroatoms. The number of nitrogen functional groups attached to an aromatic ring is 1. The molecular weight excluding hydrogens is 244 g/mol. The van der Waals surface area contributed by atoms with Crippen LogP contribution in [-0.2, 0) is 9.53 Å². The minimum atomic E-state index is -1.87. The highest BCUT2D eigenvalue weighted by molar-refractivity contribution is 5.91. The molecule has 0 aromatic carbocycles. The molecule has 0 radical (unpaired) electrons. The van der Waals surface area contributed by atoms with E-state index in [1.165, 1.54) is 0 Å². The molecule has 98 valence electrons. The summed E-state index contributed by atoms with van der Waals surface area (Å²) in [6.45, 7) is 0. The van der Waals surface area contributed by atoms with Gasteiger partial charge >= 0.3 is 5.97 Å². The van der Waals surface area contributed by atoms with Gasteiger partial charge in [0.05, 0.1) is 19.0 Å². The van der Waals surface area contributed by atoms with Crippen LogP contribution in [0.4, 0.5) is 5.82 Å². The van der Waals surface area contributed by atoms with E-state index in [4.69, 9.17) is 11.5 Å². The molecule has 0 fully saturated rings. The average Bonchev–Trinajstić information content (AvgIpc) is 2.36. The number of amides is 1. The largest absolute Gasteiger partial charge is 0.464 e. The number of methoxy groups -OCH3 is 1. The van der Waals surface area contributed by atoms with Gasteiger partial charge in [0.25, 0.3) is 0 Å². The molecule has 0 bridgehead atoms. The van der Waals surface area contributed by atoms with Gasteiger partial charge in [-0.05, 0) is 0 Å². The highest BCUT2D eigenvalue weighted by atomic mass is 16.5. The Bertz CT molecular complexity index is 478. The van der Waals surface area contributed by atoms with Crippen molar-refractivity contribution in [2.24, 2.45) is 5.73 Å². The Morgan fingerprint density at radius 3 is 2.56 bits per heavy atom. The van der Waals surface area contributed by atoms with Crippen molar-refractivity contribution < 1.29 is 24.5 Å². The summed E-state index contributed by atoms with van der Waals surface area (Å²) in [5.41, 5.74) is 9.65. The molecule has 0 aliphatic carbocycles. The van der Waals surface area contributed by atoms with Crippen molar-refractivity contribution in [2.45, 2.75) is 12.2 Å². The smallest absolute Gasteiger partial charge is 0.360 e. The zero-order chi connectivity index (χ0) is 13.9. The number of carbonyl (C=O) groups is 2. The lowest BCUT2D eigenvalue weighted by Gasteiger charge is -2.14. The van der Waals surface area contributed by atoms with E-state index in [1.54, 1.807) is 0 Å². The molecule has 1 aromatic heterocycles. The number of esters is 1. The summed E-state index contributed by atoms with van der Waals surface area (Å²) in [5, 5.41) is 18.8. The zero-order valence-electron chi connectivity index (χ0n) is 9.40.